The van der Waals surface area contributed by atoms with Gasteiger partial charge in [0.1, 0.15) is 11.5 Å². The van der Waals surface area contributed by atoms with Crippen LogP contribution >= 0.6 is 22.6 Å². The van der Waals surface area contributed by atoms with Crippen LogP contribution in [-0.2, 0) is 12.7 Å². The second-order valence-corrected chi connectivity index (χ2v) is 5.33. The molecule has 0 atom stereocenters. The molecule has 0 aromatic carbocycles. The van der Waals surface area contributed by atoms with Crippen molar-refractivity contribution in [2.45, 2.75) is 19.6 Å². The number of alkyl halides is 3. The highest BCUT2D eigenvalue weighted by Gasteiger charge is 2.31. The largest absolute Gasteiger partial charge is 0.433 e. The minimum Gasteiger partial charge on any atom is -0.366 e. The van der Waals surface area contributed by atoms with E-state index in [1.54, 1.807) is 0 Å². The van der Waals surface area contributed by atoms with E-state index in [0.717, 1.165) is 15.3 Å². The van der Waals surface area contributed by atoms with Gasteiger partial charge in [-0.1, -0.05) is 6.07 Å². The van der Waals surface area contributed by atoms with Crippen molar-refractivity contribution in [3.05, 3.63) is 51.0 Å². The third-order valence-corrected chi connectivity index (χ3v) is 3.75. The van der Waals surface area contributed by atoms with Crippen molar-refractivity contribution in [2.75, 3.05) is 5.32 Å². The van der Waals surface area contributed by atoms with E-state index in [1.807, 2.05) is 19.1 Å². The molecule has 3 nitrogen and oxygen atoms in total. The zero-order valence-electron chi connectivity index (χ0n) is 10.5. The van der Waals surface area contributed by atoms with Gasteiger partial charge in [-0.3, -0.25) is 4.98 Å². The van der Waals surface area contributed by atoms with E-state index in [1.165, 1.54) is 12.3 Å². The Balaban J connectivity index is 2.02. The first kappa shape index (κ1) is 15.0. The molecule has 1 N–H and O–H groups in total. The van der Waals surface area contributed by atoms with Gasteiger partial charge in [0.05, 0.1) is 5.69 Å². The number of halogens is 4. The number of hydrogen-bond donors (Lipinski definition) is 1. The maximum atomic E-state index is 12.4. The molecule has 0 aliphatic heterocycles. The van der Waals surface area contributed by atoms with E-state index < -0.39 is 11.9 Å². The summed E-state index contributed by atoms with van der Waals surface area (Å²) >= 11 is 2.19. The number of nitrogens with one attached hydrogen (secondary N) is 1. The highest BCUT2D eigenvalue weighted by atomic mass is 127. The lowest BCUT2D eigenvalue weighted by Gasteiger charge is -2.09. The first-order valence-corrected chi connectivity index (χ1v) is 6.83. The average molecular weight is 393 g/mol. The van der Waals surface area contributed by atoms with Crippen LogP contribution in [0, 0.1) is 10.5 Å². The van der Waals surface area contributed by atoms with Crippen LogP contribution in [0.25, 0.3) is 0 Å². The Morgan fingerprint density at radius 2 is 1.95 bits per heavy atom. The summed E-state index contributed by atoms with van der Waals surface area (Å²) in [6.45, 7) is 2.27. The first-order chi connectivity index (χ1) is 9.36. The van der Waals surface area contributed by atoms with Crippen LogP contribution in [0.5, 0.6) is 0 Å². The molecule has 0 saturated heterocycles. The Morgan fingerprint density at radius 1 is 1.20 bits per heavy atom. The molecule has 2 aromatic rings. The van der Waals surface area contributed by atoms with Crippen molar-refractivity contribution in [1.82, 2.24) is 9.97 Å². The number of aromatic nitrogens is 2. The van der Waals surface area contributed by atoms with E-state index in [-0.39, 0.29) is 0 Å². The van der Waals surface area contributed by atoms with E-state index >= 15 is 0 Å². The maximum Gasteiger partial charge on any atom is 0.433 e. The summed E-state index contributed by atoms with van der Waals surface area (Å²) < 4.78 is 38.2. The fourth-order valence-corrected chi connectivity index (χ4v) is 1.83. The Bertz CT molecular complexity index is 597. The quantitative estimate of drug-likeness (QED) is 0.801. The second-order valence-electron chi connectivity index (χ2n) is 4.17. The monoisotopic (exact) mass is 393 g/mol. The van der Waals surface area contributed by atoms with Crippen LogP contribution in [0.4, 0.5) is 19.0 Å². The first-order valence-electron chi connectivity index (χ1n) is 5.75. The number of hydrogen-bond acceptors (Lipinski definition) is 3. The Kier molecular flexibility index (Phi) is 4.46. The van der Waals surface area contributed by atoms with Gasteiger partial charge in [0.2, 0.25) is 0 Å². The standard InChI is InChI=1S/C13H11F3IN3/c1-8-10(17)3-5-12(20-8)19-7-9-2-4-11(18-6-9)13(14,15)16/h2-6H,7H2,1H3,(H,19,20). The molecule has 0 radical (unpaired) electrons. The Labute approximate surface area is 127 Å². The number of anilines is 1. The molecule has 2 heterocycles. The molecule has 2 aromatic heterocycles. The van der Waals surface area contributed by atoms with Crippen LogP contribution in [0.2, 0.25) is 0 Å². The van der Waals surface area contributed by atoms with Gasteiger partial charge < -0.3 is 5.32 Å². The number of aryl methyl sites for hydroxylation is 1. The van der Waals surface area contributed by atoms with Gasteiger partial charge in [-0.15, -0.1) is 0 Å². The van der Waals surface area contributed by atoms with Crippen molar-refractivity contribution in [2.24, 2.45) is 0 Å². The van der Waals surface area contributed by atoms with Gasteiger partial charge in [-0.05, 0) is 53.3 Å². The van der Waals surface area contributed by atoms with Gasteiger partial charge in [0, 0.05) is 16.3 Å². The molecule has 0 aliphatic carbocycles. The molecule has 7 heteroatoms. The summed E-state index contributed by atoms with van der Waals surface area (Å²) in [6.07, 6.45) is -3.18. The smallest absolute Gasteiger partial charge is 0.366 e. The number of nitrogens with zero attached hydrogens (tertiary/aromatic N) is 2. The van der Waals surface area contributed by atoms with E-state index in [2.05, 4.69) is 37.9 Å². The lowest BCUT2D eigenvalue weighted by Crippen LogP contribution is -2.09. The molecule has 2 rings (SSSR count). The minimum absolute atomic E-state index is 0.373. The summed E-state index contributed by atoms with van der Waals surface area (Å²) in [6, 6.07) is 6.13. The fourth-order valence-electron chi connectivity index (χ4n) is 1.53. The van der Waals surface area contributed by atoms with Gasteiger partial charge in [-0.25, -0.2) is 4.98 Å². The number of pyridine rings is 2. The van der Waals surface area contributed by atoms with E-state index in [9.17, 15) is 13.2 Å². The molecule has 0 amide bonds. The van der Waals surface area contributed by atoms with Crippen molar-refractivity contribution in [3.63, 3.8) is 0 Å². The number of rotatable bonds is 3. The lowest BCUT2D eigenvalue weighted by molar-refractivity contribution is -0.141. The molecule has 0 unspecified atom stereocenters. The Hall–Kier alpha value is -1.38. The summed E-state index contributed by atoms with van der Waals surface area (Å²) in [5.74, 6) is 0.683. The van der Waals surface area contributed by atoms with Gasteiger partial charge in [0.25, 0.3) is 0 Å². The summed E-state index contributed by atoms with van der Waals surface area (Å²) in [5.41, 5.74) is 0.682. The highest BCUT2D eigenvalue weighted by molar-refractivity contribution is 14.1. The van der Waals surface area contributed by atoms with Crippen molar-refractivity contribution in [3.8, 4) is 0 Å². The van der Waals surface area contributed by atoms with Crippen LogP contribution in [0.3, 0.4) is 0 Å². The molecule has 0 bridgehead atoms. The summed E-state index contributed by atoms with van der Waals surface area (Å²) in [5, 5.41) is 3.05. The molecule has 0 saturated carbocycles. The Morgan fingerprint density at radius 3 is 2.50 bits per heavy atom. The molecule has 106 valence electrons. The molecular weight excluding hydrogens is 382 g/mol. The molecule has 20 heavy (non-hydrogen) atoms. The minimum atomic E-state index is -4.40. The summed E-state index contributed by atoms with van der Waals surface area (Å²) in [4.78, 5) is 7.73. The molecule has 0 fully saturated rings. The predicted molar refractivity (Wildman–Crippen MR) is 78.3 cm³/mol. The molecule has 0 aliphatic rings. The van der Waals surface area contributed by atoms with Crippen LogP contribution < -0.4 is 5.32 Å². The van der Waals surface area contributed by atoms with Crippen LogP contribution in [0.1, 0.15) is 17.0 Å². The molecular formula is C13H11F3IN3. The summed E-state index contributed by atoms with van der Waals surface area (Å²) in [7, 11) is 0. The third kappa shape index (κ3) is 3.81. The van der Waals surface area contributed by atoms with Crippen LogP contribution in [0.15, 0.2) is 30.5 Å². The zero-order valence-corrected chi connectivity index (χ0v) is 12.7. The van der Waals surface area contributed by atoms with Gasteiger partial charge >= 0.3 is 6.18 Å². The highest BCUT2D eigenvalue weighted by Crippen LogP contribution is 2.27. The van der Waals surface area contributed by atoms with E-state index in [4.69, 9.17) is 0 Å². The normalized spacial score (nSPS) is 11.4. The van der Waals surface area contributed by atoms with Crippen molar-refractivity contribution in [1.29, 1.82) is 0 Å². The second kappa shape index (κ2) is 5.94. The van der Waals surface area contributed by atoms with E-state index in [0.29, 0.717) is 17.9 Å². The fraction of sp³-hybridized carbons (Fsp3) is 0.231. The average Bonchev–Trinajstić information content (AvgIpc) is 2.40. The van der Waals surface area contributed by atoms with Crippen LogP contribution in [-0.4, -0.2) is 9.97 Å². The van der Waals surface area contributed by atoms with Crippen molar-refractivity contribution >= 4 is 28.4 Å². The topological polar surface area (TPSA) is 37.8 Å². The molecule has 0 spiro atoms. The van der Waals surface area contributed by atoms with Crippen molar-refractivity contribution < 1.29 is 13.2 Å². The lowest BCUT2D eigenvalue weighted by atomic mass is 10.2. The maximum absolute atomic E-state index is 12.4. The zero-order chi connectivity index (χ0) is 14.8. The van der Waals surface area contributed by atoms with Gasteiger partial charge in [0.15, 0.2) is 0 Å². The third-order valence-electron chi connectivity index (χ3n) is 2.61. The van der Waals surface area contributed by atoms with Gasteiger partial charge in [-0.2, -0.15) is 13.2 Å². The SMILES string of the molecule is Cc1nc(NCc2ccc(C(F)(F)F)nc2)ccc1I. The predicted octanol–water partition coefficient (Wildman–Crippen LogP) is 4.02.